The van der Waals surface area contributed by atoms with Gasteiger partial charge in [0.2, 0.25) is 11.8 Å². The van der Waals surface area contributed by atoms with Crippen LogP contribution in [0.5, 0.6) is 11.8 Å². The summed E-state index contributed by atoms with van der Waals surface area (Å²) >= 11 is 0. The van der Waals surface area contributed by atoms with Gasteiger partial charge in [-0.15, -0.1) is 0 Å². The van der Waals surface area contributed by atoms with E-state index in [0.717, 1.165) is 38.2 Å². The molecule has 0 amide bonds. The molecule has 4 heterocycles. The second kappa shape index (κ2) is 12.1. The Kier molecular flexibility index (Phi) is 7.68. The average Bonchev–Trinajstić information content (AvgIpc) is 3.64. The van der Waals surface area contributed by atoms with Gasteiger partial charge in [-0.2, -0.15) is 0 Å². The standard InChI is InChI=1S/C36H26N6O3.Pt/c1-39-20-19-37-35(39)42-24-34(44-32-18-10-6-14-28(32)26-12-4-8-16-30(26)42)45-33-23-40(2)36(38-33)41-21-22-43-31-17-9-5-13-27(31)25-11-3-7-15-29(25)41;/h3-20,22-23H,1-2H3;/q-2;+2. The Labute approximate surface area is 277 Å². The molecule has 0 aliphatic rings. The van der Waals surface area contributed by atoms with Gasteiger partial charge in [0.05, 0.1) is 6.20 Å². The molecule has 0 spiro atoms. The second-order valence-corrected chi connectivity index (χ2v) is 10.5. The molecule has 0 aliphatic heterocycles. The van der Waals surface area contributed by atoms with Crippen molar-refractivity contribution in [2.45, 2.75) is 0 Å². The fourth-order valence-electron chi connectivity index (χ4n) is 5.57. The van der Waals surface area contributed by atoms with E-state index >= 15 is 0 Å². The van der Waals surface area contributed by atoms with Crippen LogP contribution < -0.4 is 4.74 Å². The first kappa shape index (κ1) is 29.2. The summed E-state index contributed by atoms with van der Waals surface area (Å²) < 4.78 is 26.2. The number of aryl methyl sites for hydroxylation is 2. The number of ether oxygens (including phenoxy) is 1. The van der Waals surface area contributed by atoms with E-state index < -0.39 is 0 Å². The second-order valence-electron chi connectivity index (χ2n) is 10.5. The molecule has 0 atom stereocenters. The summed E-state index contributed by atoms with van der Waals surface area (Å²) in [5.41, 5.74) is 3.16. The van der Waals surface area contributed by atoms with E-state index in [1.807, 2.05) is 123 Å². The number of aromatic nitrogens is 6. The molecule has 10 heteroatoms. The van der Waals surface area contributed by atoms with Gasteiger partial charge in [-0.1, -0.05) is 102 Å². The van der Waals surface area contributed by atoms with Crippen molar-refractivity contribution in [3.8, 4) is 23.7 Å². The first-order valence-electron chi connectivity index (χ1n) is 14.4. The maximum atomic E-state index is 6.39. The van der Waals surface area contributed by atoms with E-state index in [1.165, 1.54) is 6.26 Å². The maximum absolute atomic E-state index is 6.39. The zero-order valence-electron chi connectivity index (χ0n) is 24.8. The molecule has 9 nitrogen and oxygen atoms in total. The van der Waals surface area contributed by atoms with Crippen LogP contribution in [0.15, 0.2) is 131 Å². The molecule has 0 unspecified atom stereocenters. The number of para-hydroxylation sites is 4. The molecule has 0 fully saturated rings. The van der Waals surface area contributed by atoms with Crippen LogP contribution in [-0.2, 0) is 35.2 Å². The van der Waals surface area contributed by atoms with Crippen molar-refractivity contribution in [2.24, 2.45) is 14.1 Å². The quantitative estimate of drug-likeness (QED) is 0.168. The van der Waals surface area contributed by atoms with Gasteiger partial charge in [0.15, 0.2) is 0 Å². The topological polar surface area (TPSA) is 81.0 Å². The summed E-state index contributed by atoms with van der Waals surface area (Å²) in [6, 6.07) is 31.9. The van der Waals surface area contributed by atoms with Crippen LogP contribution in [0.1, 0.15) is 0 Å². The molecule has 4 aromatic carbocycles. The van der Waals surface area contributed by atoms with Crippen LogP contribution in [0, 0.1) is 12.4 Å². The predicted molar refractivity (Wildman–Crippen MR) is 173 cm³/mol. The average molecular weight is 786 g/mol. The zero-order chi connectivity index (χ0) is 30.3. The Bertz CT molecular complexity index is 2470. The van der Waals surface area contributed by atoms with Crippen molar-refractivity contribution in [1.29, 1.82) is 0 Å². The molecule has 0 aliphatic carbocycles. The van der Waals surface area contributed by atoms with Gasteiger partial charge >= 0.3 is 21.1 Å². The molecule has 0 saturated carbocycles. The number of benzene rings is 4. The van der Waals surface area contributed by atoms with Crippen molar-refractivity contribution in [3.05, 3.63) is 134 Å². The van der Waals surface area contributed by atoms with Crippen LogP contribution in [0.4, 0.5) is 0 Å². The largest absolute Gasteiger partial charge is 2.00 e. The summed E-state index contributed by atoms with van der Waals surface area (Å²) in [6.07, 6.45) is 13.5. The smallest absolute Gasteiger partial charge is 0.476 e. The van der Waals surface area contributed by atoms with E-state index in [2.05, 4.69) is 29.5 Å². The summed E-state index contributed by atoms with van der Waals surface area (Å²) in [7, 11) is 3.83. The van der Waals surface area contributed by atoms with Crippen LogP contribution in [0.2, 0.25) is 0 Å². The summed E-state index contributed by atoms with van der Waals surface area (Å²) in [4.78, 5) is 9.46. The molecule has 0 N–H and O–H groups in total. The number of rotatable bonds is 4. The number of fused-ring (bicyclic) bond motifs is 6. The van der Waals surface area contributed by atoms with Crippen LogP contribution >= 0.6 is 0 Å². The number of hydrogen-bond acceptors (Lipinski definition) is 5. The third-order valence-corrected chi connectivity index (χ3v) is 7.64. The van der Waals surface area contributed by atoms with E-state index in [4.69, 9.17) is 18.6 Å². The van der Waals surface area contributed by atoms with Gasteiger partial charge < -0.3 is 31.8 Å². The van der Waals surface area contributed by atoms with E-state index in [-0.39, 0.29) is 27.0 Å². The van der Waals surface area contributed by atoms with Crippen LogP contribution in [0.3, 0.4) is 0 Å². The van der Waals surface area contributed by atoms with Crippen molar-refractivity contribution >= 4 is 43.7 Å². The van der Waals surface area contributed by atoms with Crippen molar-refractivity contribution in [3.63, 3.8) is 0 Å². The molecule has 46 heavy (non-hydrogen) atoms. The van der Waals surface area contributed by atoms with Crippen molar-refractivity contribution in [1.82, 2.24) is 28.2 Å². The van der Waals surface area contributed by atoms with Crippen LogP contribution in [0.25, 0.3) is 55.6 Å². The molecule has 0 bridgehead atoms. The molecule has 4 aromatic heterocycles. The van der Waals surface area contributed by atoms with Crippen molar-refractivity contribution in [2.75, 3.05) is 0 Å². The minimum absolute atomic E-state index is 0. The fraction of sp³-hybridized carbons (Fsp3) is 0.0556. The molecule has 0 radical (unpaired) electrons. The molecular formula is C36H26N6O3Pt. The van der Waals surface area contributed by atoms with Gasteiger partial charge in [0.1, 0.15) is 23.1 Å². The van der Waals surface area contributed by atoms with Crippen LogP contribution in [-0.4, -0.2) is 28.2 Å². The van der Waals surface area contributed by atoms with Gasteiger partial charge in [-0.05, 0) is 29.1 Å². The minimum atomic E-state index is 0. The first-order valence-corrected chi connectivity index (χ1v) is 14.4. The molecule has 8 rings (SSSR count). The Hall–Kier alpha value is -5.53. The monoisotopic (exact) mass is 785 g/mol. The molecule has 228 valence electrons. The third kappa shape index (κ3) is 5.14. The predicted octanol–water partition coefficient (Wildman–Crippen LogP) is 8.17. The SMILES string of the molecule is Cn1cc(Oc2[c-]n(-c3nccn3C)c3ccccc3c3ccccc3o2)nc1-n1[c-]coc2ccccc2c2ccccc21.[Pt+2]. The van der Waals surface area contributed by atoms with Gasteiger partial charge in [-0.25, -0.2) is 4.98 Å². The van der Waals surface area contributed by atoms with Crippen molar-refractivity contribution < 1.29 is 34.6 Å². The van der Waals surface area contributed by atoms with E-state index in [9.17, 15) is 0 Å². The molecule has 0 saturated heterocycles. The van der Waals surface area contributed by atoms with Gasteiger partial charge in [0, 0.05) is 43.5 Å². The van der Waals surface area contributed by atoms with Gasteiger partial charge in [0.25, 0.3) is 0 Å². The van der Waals surface area contributed by atoms with E-state index in [1.54, 1.807) is 12.4 Å². The zero-order valence-corrected chi connectivity index (χ0v) is 27.0. The summed E-state index contributed by atoms with van der Waals surface area (Å²) in [5, 5.41) is 3.84. The van der Waals surface area contributed by atoms with E-state index in [0.29, 0.717) is 23.4 Å². The fourth-order valence-corrected chi connectivity index (χ4v) is 5.57. The Morgan fingerprint density at radius 2 is 1.28 bits per heavy atom. The summed E-state index contributed by atoms with van der Waals surface area (Å²) in [5.74, 6) is 1.62. The third-order valence-electron chi connectivity index (χ3n) is 7.64. The summed E-state index contributed by atoms with van der Waals surface area (Å²) in [6.45, 7) is 0. The maximum Gasteiger partial charge on any atom is 2.00 e. The molecular weight excluding hydrogens is 760 g/mol. The Balaban J connectivity index is 0.00000338. The number of nitrogens with zero attached hydrogens (tertiary/aromatic N) is 6. The normalized spacial score (nSPS) is 11.1. The molecule has 8 aromatic rings. The van der Waals surface area contributed by atoms with Gasteiger partial charge in [-0.3, -0.25) is 4.98 Å². The number of hydrogen-bond donors (Lipinski definition) is 0. The first-order chi connectivity index (χ1) is 22.1. The minimum Gasteiger partial charge on any atom is -0.476 e. The Morgan fingerprint density at radius 3 is 1.98 bits per heavy atom. The Morgan fingerprint density at radius 1 is 0.674 bits per heavy atom. The number of imidazole rings is 2.